The van der Waals surface area contributed by atoms with Crippen molar-refractivity contribution in [1.82, 2.24) is 5.16 Å². The minimum Gasteiger partial charge on any atom is -0.454 e. The Balaban J connectivity index is 1.41. The van der Waals surface area contributed by atoms with Crippen molar-refractivity contribution in [2.24, 2.45) is 17.6 Å². The van der Waals surface area contributed by atoms with Crippen LogP contribution in [0.2, 0.25) is 0 Å². The minimum atomic E-state index is -1.62. The van der Waals surface area contributed by atoms with Crippen molar-refractivity contribution in [3.05, 3.63) is 40.4 Å². The summed E-state index contributed by atoms with van der Waals surface area (Å²) in [6.07, 6.45) is 6.38. The number of piperidine rings is 3. The second-order valence-electron chi connectivity index (χ2n) is 9.62. The quantitative estimate of drug-likeness (QED) is 0.484. The normalized spacial score (nSPS) is 30.7. The Bertz CT molecular complexity index is 948. The fraction of sp³-hybridized carbons (Fsp3) is 0.609. The Labute approximate surface area is 190 Å². The molecule has 1 aliphatic carbocycles. The molecule has 3 N–H and O–H groups in total. The molecule has 2 aromatic heterocycles. The van der Waals surface area contributed by atoms with Gasteiger partial charge in [-0.25, -0.2) is 4.79 Å². The molecule has 6 rings (SSSR count). The third-order valence-corrected chi connectivity index (χ3v) is 8.68. The van der Waals surface area contributed by atoms with E-state index in [2.05, 4.69) is 5.16 Å². The van der Waals surface area contributed by atoms with Crippen molar-refractivity contribution in [3.63, 3.8) is 0 Å². The van der Waals surface area contributed by atoms with Crippen LogP contribution in [0.25, 0.3) is 0 Å². The van der Waals surface area contributed by atoms with Crippen LogP contribution >= 0.6 is 11.3 Å². The van der Waals surface area contributed by atoms with Gasteiger partial charge in [0.2, 0.25) is 6.04 Å². The molecule has 3 aliphatic heterocycles. The number of hydrogen-bond donors (Lipinski definition) is 2. The molecule has 172 valence electrons. The molecular formula is C23H30N3O5S+. The van der Waals surface area contributed by atoms with Crippen molar-refractivity contribution < 1.29 is 28.4 Å². The fourth-order valence-electron chi connectivity index (χ4n) is 6.29. The Hall–Kier alpha value is -2.23. The van der Waals surface area contributed by atoms with E-state index in [1.807, 2.05) is 16.8 Å². The smallest absolute Gasteiger partial charge is 0.343 e. The van der Waals surface area contributed by atoms with E-state index in [9.17, 15) is 14.7 Å². The number of ether oxygens (including phenoxy) is 1. The van der Waals surface area contributed by atoms with E-state index < -0.39 is 23.5 Å². The topological polar surface area (TPSA) is 116 Å². The number of quaternary nitrogens is 1. The second-order valence-corrected chi connectivity index (χ2v) is 10.4. The van der Waals surface area contributed by atoms with Crippen LogP contribution in [0.5, 0.6) is 0 Å². The molecule has 4 fully saturated rings. The molecule has 1 amide bonds. The third kappa shape index (κ3) is 3.47. The van der Waals surface area contributed by atoms with Crippen LogP contribution in [0.4, 0.5) is 0 Å². The van der Waals surface area contributed by atoms with E-state index in [4.69, 9.17) is 15.0 Å². The highest BCUT2D eigenvalue weighted by atomic mass is 32.1. The first kappa shape index (κ1) is 21.6. The Morgan fingerprint density at radius 2 is 2.00 bits per heavy atom. The first-order valence-electron chi connectivity index (χ1n) is 11.5. The van der Waals surface area contributed by atoms with Gasteiger partial charge in [0, 0.05) is 36.3 Å². The number of carbonyl (C=O) groups excluding carboxylic acids is 2. The van der Waals surface area contributed by atoms with E-state index in [0.717, 1.165) is 51.6 Å². The first-order valence-corrected chi connectivity index (χ1v) is 12.4. The zero-order valence-corrected chi connectivity index (χ0v) is 18.8. The maximum absolute atomic E-state index is 13.5. The van der Waals surface area contributed by atoms with Crippen LogP contribution in [0.15, 0.2) is 33.7 Å². The lowest BCUT2D eigenvalue weighted by atomic mass is 9.79. The maximum atomic E-state index is 13.5. The number of carbonyl (C=O) groups is 2. The van der Waals surface area contributed by atoms with Gasteiger partial charge in [-0.05, 0) is 29.7 Å². The second kappa shape index (κ2) is 8.28. The van der Waals surface area contributed by atoms with Crippen LogP contribution in [0.3, 0.4) is 0 Å². The lowest BCUT2D eigenvalue weighted by Crippen LogP contribution is -2.67. The number of nitrogens with two attached hydrogens (primary N) is 1. The van der Waals surface area contributed by atoms with Gasteiger partial charge in [-0.15, -0.1) is 0 Å². The van der Waals surface area contributed by atoms with E-state index in [-0.39, 0.29) is 17.9 Å². The van der Waals surface area contributed by atoms with E-state index in [0.29, 0.717) is 22.3 Å². The molecule has 9 heteroatoms. The zero-order chi connectivity index (χ0) is 22.3. The maximum Gasteiger partial charge on any atom is 0.343 e. The van der Waals surface area contributed by atoms with Gasteiger partial charge in [0.25, 0.3) is 5.91 Å². The van der Waals surface area contributed by atoms with Gasteiger partial charge in [-0.2, -0.15) is 11.3 Å². The minimum absolute atomic E-state index is 0.137. The van der Waals surface area contributed by atoms with Gasteiger partial charge in [0.15, 0.2) is 17.4 Å². The monoisotopic (exact) mass is 460 g/mol. The van der Waals surface area contributed by atoms with Crippen molar-refractivity contribution in [1.29, 1.82) is 0 Å². The van der Waals surface area contributed by atoms with Crippen LogP contribution < -0.4 is 5.73 Å². The summed E-state index contributed by atoms with van der Waals surface area (Å²) in [6.45, 7) is 2.04. The molecule has 2 bridgehead atoms. The number of rotatable bonds is 7. The molecule has 32 heavy (non-hydrogen) atoms. The number of thiophene rings is 1. The summed E-state index contributed by atoms with van der Waals surface area (Å²) < 4.78 is 11.5. The lowest BCUT2D eigenvalue weighted by molar-refractivity contribution is -0.965. The summed E-state index contributed by atoms with van der Waals surface area (Å²) in [7, 11) is 0. The fourth-order valence-corrected chi connectivity index (χ4v) is 7.00. The Morgan fingerprint density at radius 1 is 1.25 bits per heavy atom. The molecule has 4 aliphatic rings. The first-order chi connectivity index (χ1) is 15.4. The number of amides is 1. The summed E-state index contributed by atoms with van der Waals surface area (Å²) in [4.78, 5) is 26.0. The predicted octanol–water partition coefficient (Wildman–Crippen LogP) is 2.49. The highest BCUT2D eigenvalue weighted by Crippen LogP contribution is 2.45. The number of aromatic nitrogens is 1. The van der Waals surface area contributed by atoms with Crippen LogP contribution in [0.1, 0.15) is 55.8 Å². The van der Waals surface area contributed by atoms with Gasteiger partial charge < -0.3 is 24.6 Å². The van der Waals surface area contributed by atoms with E-state index in [1.54, 1.807) is 6.07 Å². The predicted molar refractivity (Wildman–Crippen MR) is 116 cm³/mol. The number of nitrogens with zero attached hydrogens (tertiary/aromatic N) is 2. The number of esters is 1. The number of hydrogen-bond acceptors (Lipinski definition) is 7. The molecule has 2 unspecified atom stereocenters. The van der Waals surface area contributed by atoms with Gasteiger partial charge in [0.05, 0.1) is 13.1 Å². The number of fused-ring (bicyclic) bond motifs is 3. The average Bonchev–Trinajstić information content (AvgIpc) is 3.57. The number of aliphatic hydroxyl groups is 1. The van der Waals surface area contributed by atoms with Crippen molar-refractivity contribution in [3.8, 4) is 0 Å². The molecule has 1 saturated carbocycles. The van der Waals surface area contributed by atoms with Crippen molar-refractivity contribution in [2.45, 2.75) is 56.3 Å². The van der Waals surface area contributed by atoms with E-state index >= 15 is 0 Å². The van der Waals surface area contributed by atoms with Crippen molar-refractivity contribution in [2.75, 3.05) is 19.6 Å². The van der Waals surface area contributed by atoms with Gasteiger partial charge >= 0.3 is 5.97 Å². The third-order valence-electron chi connectivity index (χ3n) is 7.99. The van der Waals surface area contributed by atoms with Gasteiger partial charge in [0.1, 0.15) is 12.8 Å². The average molecular weight is 461 g/mol. The molecular weight excluding hydrogens is 430 g/mol. The SMILES string of the molecule is NC(=O)C(c1ccon1)[N+]12CCC(CC1)[C@@H](OC(=O)C(O)(c1ccsc1)C1CCCC1)C2. The largest absolute Gasteiger partial charge is 0.454 e. The highest BCUT2D eigenvalue weighted by Gasteiger charge is 2.56. The molecule has 0 radical (unpaired) electrons. The summed E-state index contributed by atoms with van der Waals surface area (Å²) in [5, 5.41) is 19.4. The van der Waals surface area contributed by atoms with Crippen molar-refractivity contribution >= 4 is 23.2 Å². The van der Waals surface area contributed by atoms with Crippen LogP contribution in [-0.4, -0.2) is 52.4 Å². The zero-order valence-electron chi connectivity index (χ0n) is 18.0. The standard InChI is InChI=1S/C23H29N3O5S/c24-21(27)20(18-7-11-30-25-18)26-9-5-15(6-10-26)19(13-26)31-22(28)23(29,16-3-1-2-4-16)17-8-12-32-14-17/h7-8,11-12,14-16,19-20,29H,1-6,9-10,13H2,(H-,24,27)/p+1/t15?,19-,20?,23?,26?/m0/s1. The Morgan fingerprint density at radius 3 is 2.59 bits per heavy atom. The summed E-state index contributed by atoms with van der Waals surface area (Å²) in [5.41, 5.74) is 5.34. The molecule has 3 saturated heterocycles. The Kier molecular flexibility index (Phi) is 5.59. The molecule has 0 aromatic carbocycles. The summed E-state index contributed by atoms with van der Waals surface area (Å²) >= 11 is 1.47. The summed E-state index contributed by atoms with van der Waals surface area (Å²) in [5.74, 6) is -0.927. The van der Waals surface area contributed by atoms with E-state index in [1.165, 1.54) is 17.6 Å². The highest BCUT2D eigenvalue weighted by molar-refractivity contribution is 7.08. The molecule has 2 aromatic rings. The molecule has 0 spiro atoms. The lowest BCUT2D eigenvalue weighted by Gasteiger charge is -2.54. The molecule has 3 atom stereocenters. The van der Waals surface area contributed by atoms with Gasteiger partial charge in [-0.3, -0.25) is 4.79 Å². The van der Waals surface area contributed by atoms with Gasteiger partial charge in [-0.1, -0.05) is 18.0 Å². The van der Waals surface area contributed by atoms with Crippen LogP contribution in [-0.2, 0) is 19.9 Å². The molecule has 8 nitrogen and oxygen atoms in total. The molecule has 5 heterocycles. The summed E-state index contributed by atoms with van der Waals surface area (Å²) in [6, 6.07) is 2.86. The van der Waals surface area contributed by atoms with Crippen LogP contribution in [0, 0.1) is 11.8 Å². The number of primary amides is 1.